The Labute approximate surface area is 114 Å². The SMILES string of the molecule is CCN(C(=O)Nc1ccc(C(F)(F)F)cc1)C1CNC1. The van der Waals surface area contributed by atoms with E-state index in [1.54, 1.807) is 4.90 Å². The van der Waals surface area contributed by atoms with E-state index in [2.05, 4.69) is 10.6 Å². The predicted molar refractivity (Wildman–Crippen MR) is 69.5 cm³/mol. The molecule has 0 unspecified atom stereocenters. The van der Waals surface area contributed by atoms with Gasteiger partial charge < -0.3 is 15.5 Å². The molecule has 2 N–H and O–H groups in total. The van der Waals surface area contributed by atoms with Crippen LogP contribution in [0.5, 0.6) is 0 Å². The van der Waals surface area contributed by atoms with Crippen LogP contribution in [0, 0.1) is 0 Å². The second-order valence-corrected chi connectivity index (χ2v) is 4.60. The molecule has 1 aliphatic heterocycles. The molecule has 2 rings (SSSR count). The average molecular weight is 287 g/mol. The zero-order valence-corrected chi connectivity index (χ0v) is 11.0. The molecule has 0 atom stereocenters. The number of likely N-dealkylation sites (N-methyl/N-ethyl adjacent to an activating group) is 1. The predicted octanol–water partition coefficient (Wildman–Crippen LogP) is 2.53. The summed E-state index contributed by atoms with van der Waals surface area (Å²) in [7, 11) is 0. The van der Waals surface area contributed by atoms with Crippen molar-refractivity contribution in [3.8, 4) is 0 Å². The molecule has 110 valence electrons. The molecule has 0 aromatic heterocycles. The topological polar surface area (TPSA) is 44.4 Å². The van der Waals surface area contributed by atoms with Crippen LogP contribution in [0.1, 0.15) is 12.5 Å². The fourth-order valence-corrected chi connectivity index (χ4v) is 2.00. The van der Waals surface area contributed by atoms with E-state index < -0.39 is 11.7 Å². The second kappa shape index (κ2) is 5.70. The van der Waals surface area contributed by atoms with Gasteiger partial charge in [0.1, 0.15) is 0 Å². The highest BCUT2D eigenvalue weighted by Crippen LogP contribution is 2.29. The molecule has 1 aromatic carbocycles. The van der Waals surface area contributed by atoms with Crippen LogP contribution in [0.15, 0.2) is 24.3 Å². The van der Waals surface area contributed by atoms with Gasteiger partial charge >= 0.3 is 12.2 Å². The van der Waals surface area contributed by atoms with Gasteiger partial charge in [0.05, 0.1) is 11.6 Å². The Morgan fingerprint density at radius 1 is 1.35 bits per heavy atom. The van der Waals surface area contributed by atoms with Crippen LogP contribution >= 0.6 is 0 Å². The summed E-state index contributed by atoms with van der Waals surface area (Å²) < 4.78 is 37.3. The first-order valence-electron chi connectivity index (χ1n) is 6.37. The first kappa shape index (κ1) is 14.6. The number of hydrogen-bond donors (Lipinski definition) is 2. The Bertz CT molecular complexity index is 469. The molecular formula is C13H16F3N3O. The minimum Gasteiger partial charge on any atom is -0.319 e. The quantitative estimate of drug-likeness (QED) is 0.897. The van der Waals surface area contributed by atoms with Crippen molar-refractivity contribution >= 4 is 11.7 Å². The lowest BCUT2D eigenvalue weighted by molar-refractivity contribution is -0.137. The highest BCUT2D eigenvalue weighted by atomic mass is 19.4. The van der Waals surface area contributed by atoms with Gasteiger partial charge in [0, 0.05) is 25.3 Å². The summed E-state index contributed by atoms with van der Waals surface area (Å²) in [5.74, 6) is 0. The Balaban J connectivity index is 2.00. The summed E-state index contributed by atoms with van der Waals surface area (Å²) in [5.41, 5.74) is -0.375. The summed E-state index contributed by atoms with van der Waals surface area (Å²) >= 11 is 0. The first-order valence-corrected chi connectivity index (χ1v) is 6.37. The minimum atomic E-state index is -4.37. The highest BCUT2D eigenvalue weighted by Gasteiger charge is 2.30. The monoisotopic (exact) mass is 287 g/mol. The molecular weight excluding hydrogens is 271 g/mol. The molecule has 1 fully saturated rings. The summed E-state index contributed by atoms with van der Waals surface area (Å²) in [6.45, 7) is 3.91. The van der Waals surface area contributed by atoms with E-state index in [1.165, 1.54) is 12.1 Å². The normalized spacial score (nSPS) is 15.6. The van der Waals surface area contributed by atoms with E-state index in [4.69, 9.17) is 0 Å². The van der Waals surface area contributed by atoms with Gasteiger partial charge in [-0.1, -0.05) is 0 Å². The third-order valence-electron chi connectivity index (χ3n) is 3.27. The number of hydrogen-bond acceptors (Lipinski definition) is 2. The Hall–Kier alpha value is -1.76. The molecule has 7 heteroatoms. The number of alkyl halides is 3. The lowest BCUT2D eigenvalue weighted by Crippen LogP contribution is -2.59. The molecule has 0 spiro atoms. The number of benzene rings is 1. The molecule has 0 aliphatic carbocycles. The van der Waals surface area contributed by atoms with E-state index in [1.807, 2.05) is 6.92 Å². The molecule has 4 nitrogen and oxygen atoms in total. The second-order valence-electron chi connectivity index (χ2n) is 4.60. The molecule has 1 heterocycles. The van der Waals surface area contributed by atoms with Crippen LogP contribution in [0.3, 0.4) is 0 Å². The Morgan fingerprint density at radius 3 is 2.35 bits per heavy atom. The molecule has 0 saturated carbocycles. The molecule has 1 saturated heterocycles. The number of anilines is 1. The fraction of sp³-hybridized carbons (Fsp3) is 0.462. The number of nitrogens with zero attached hydrogens (tertiary/aromatic N) is 1. The molecule has 2 amide bonds. The van der Waals surface area contributed by atoms with Crippen molar-refractivity contribution in [3.05, 3.63) is 29.8 Å². The van der Waals surface area contributed by atoms with Crippen LogP contribution in [0.2, 0.25) is 0 Å². The maximum atomic E-state index is 12.4. The van der Waals surface area contributed by atoms with Crippen molar-refractivity contribution in [1.29, 1.82) is 0 Å². The van der Waals surface area contributed by atoms with Crippen molar-refractivity contribution in [2.75, 3.05) is 25.0 Å². The molecule has 1 aromatic rings. The van der Waals surface area contributed by atoms with Gasteiger partial charge in [-0.15, -0.1) is 0 Å². The van der Waals surface area contributed by atoms with Crippen molar-refractivity contribution in [3.63, 3.8) is 0 Å². The van der Waals surface area contributed by atoms with Crippen LogP contribution in [-0.2, 0) is 6.18 Å². The van der Waals surface area contributed by atoms with E-state index >= 15 is 0 Å². The van der Waals surface area contributed by atoms with Gasteiger partial charge in [0.25, 0.3) is 0 Å². The van der Waals surface area contributed by atoms with Crippen LogP contribution in [0.4, 0.5) is 23.7 Å². The molecule has 0 bridgehead atoms. The van der Waals surface area contributed by atoms with Gasteiger partial charge in [-0.3, -0.25) is 0 Å². The fourth-order valence-electron chi connectivity index (χ4n) is 2.00. The number of rotatable bonds is 3. The average Bonchev–Trinajstić information content (AvgIpc) is 2.32. The largest absolute Gasteiger partial charge is 0.416 e. The number of halogens is 3. The van der Waals surface area contributed by atoms with Gasteiger partial charge in [-0.2, -0.15) is 13.2 Å². The zero-order chi connectivity index (χ0) is 14.8. The van der Waals surface area contributed by atoms with E-state index in [9.17, 15) is 18.0 Å². The third kappa shape index (κ3) is 3.22. The Kier molecular flexibility index (Phi) is 4.17. The number of nitrogens with one attached hydrogen (secondary N) is 2. The van der Waals surface area contributed by atoms with E-state index in [0.717, 1.165) is 25.2 Å². The number of amides is 2. The lowest BCUT2D eigenvalue weighted by atomic mass is 10.1. The van der Waals surface area contributed by atoms with E-state index in [0.29, 0.717) is 12.2 Å². The maximum Gasteiger partial charge on any atom is 0.416 e. The first-order chi connectivity index (χ1) is 9.41. The van der Waals surface area contributed by atoms with Crippen molar-refractivity contribution in [1.82, 2.24) is 10.2 Å². The maximum absolute atomic E-state index is 12.4. The van der Waals surface area contributed by atoms with Crippen molar-refractivity contribution in [2.24, 2.45) is 0 Å². The van der Waals surface area contributed by atoms with Gasteiger partial charge in [-0.25, -0.2) is 4.79 Å². The lowest BCUT2D eigenvalue weighted by Gasteiger charge is -2.37. The zero-order valence-electron chi connectivity index (χ0n) is 11.0. The van der Waals surface area contributed by atoms with Crippen LogP contribution in [0.25, 0.3) is 0 Å². The molecule has 1 aliphatic rings. The minimum absolute atomic E-state index is 0.148. The van der Waals surface area contributed by atoms with Crippen LogP contribution < -0.4 is 10.6 Å². The van der Waals surface area contributed by atoms with Crippen LogP contribution in [-0.4, -0.2) is 36.6 Å². The van der Waals surface area contributed by atoms with Gasteiger partial charge in [0.15, 0.2) is 0 Å². The van der Waals surface area contributed by atoms with Gasteiger partial charge in [-0.05, 0) is 31.2 Å². The standard InChI is InChI=1S/C13H16F3N3O/c1-2-19(11-7-17-8-11)12(20)18-10-5-3-9(4-6-10)13(14,15)16/h3-6,11,17H,2,7-8H2,1H3,(H,18,20). The summed E-state index contributed by atoms with van der Waals surface area (Å²) in [6, 6.07) is 4.28. The smallest absolute Gasteiger partial charge is 0.319 e. The van der Waals surface area contributed by atoms with Crippen molar-refractivity contribution in [2.45, 2.75) is 19.1 Å². The summed E-state index contributed by atoms with van der Waals surface area (Å²) in [4.78, 5) is 13.7. The highest BCUT2D eigenvalue weighted by molar-refractivity contribution is 5.89. The number of carbonyl (C=O) groups excluding carboxylic acids is 1. The number of urea groups is 1. The van der Waals surface area contributed by atoms with Gasteiger partial charge in [0.2, 0.25) is 0 Å². The summed E-state index contributed by atoms with van der Waals surface area (Å²) in [6.07, 6.45) is -4.37. The summed E-state index contributed by atoms with van der Waals surface area (Å²) in [5, 5.41) is 5.68. The number of carbonyl (C=O) groups is 1. The molecule has 0 radical (unpaired) electrons. The Morgan fingerprint density at radius 2 is 1.95 bits per heavy atom. The van der Waals surface area contributed by atoms with E-state index in [-0.39, 0.29) is 12.1 Å². The molecule has 20 heavy (non-hydrogen) atoms. The van der Waals surface area contributed by atoms with Crippen molar-refractivity contribution < 1.29 is 18.0 Å². The third-order valence-corrected chi connectivity index (χ3v) is 3.27.